The van der Waals surface area contributed by atoms with E-state index in [1.54, 1.807) is 0 Å². The fourth-order valence-corrected chi connectivity index (χ4v) is 3.02. The second-order valence-corrected chi connectivity index (χ2v) is 5.92. The average Bonchev–Trinajstić information content (AvgIpc) is 3.00. The van der Waals surface area contributed by atoms with Crippen molar-refractivity contribution >= 4 is 28.9 Å². The molecule has 2 heterocycles. The molecule has 2 aromatic heterocycles. The summed E-state index contributed by atoms with van der Waals surface area (Å²) >= 11 is 1.51. The zero-order valence-corrected chi connectivity index (χ0v) is 14.5. The molecule has 3 rings (SSSR count). The van der Waals surface area contributed by atoms with Gasteiger partial charge in [-0.1, -0.05) is 36.0 Å². The number of hydrogen-bond donors (Lipinski definition) is 1. The lowest BCUT2D eigenvalue weighted by molar-refractivity contribution is 0.102. The van der Waals surface area contributed by atoms with Crippen LogP contribution in [-0.2, 0) is 11.3 Å². The molecule has 3 aromatic rings. The van der Waals surface area contributed by atoms with Crippen molar-refractivity contribution in [2.75, 3.05) is 18.2 Å². The summed E-state index contributed by atoms with van der Waals surface area (Å²) in [6.07, 6.45) is 3.86. The lowest BCUT2D eigenvalue weighted by Crippen LogP contribution is -2.14. The minimum absolute atomic E-state index is 0.219. The van der Waals surface area contributed by atoms with E-state index < -0.39 is 0 Å². The number of amides is 1. The molecule has 5 nitrogen and oxygen atoms in total. The number of aromatic nitrogens is 2. The summed E-state index contributed by atoms with van der Waals surface area (Å²) in [6.45, 7) is 3.04. The molecular weight excluding hydrogens is 322 g/mol. The van der Waals surface area contributed by atoms with Gasteiger partial charge in [-0.15, -0.1) is 0 Å². The quantitative estimate of drug-likeness (QED) is 0.692. The third-order valence-corrected chi connectivity index (χ3v) is 4.29. The van der Waals surface area contributed by atoms with Crippen LogP contribution in [0, 0.1) is 0 Å². The number of imidazole rings is 1. The van der Waals surface area contributed by atoms with Crippen LogP contribution < -0.4 is 5.32 Å². The van der Waals surface area contributed by atoms with Crippen LogP contribution in [0.25, 0.3) is 5.52 Å². The Morgan fingerprint density at radius 1 is 1.25 bits per heavy atom. The zero-order valence-electron chi connectivity index (χ0n) is 13.7. The van der Waals surface area contributed by atoms with Gasteiger partial charge in [-0.3, -0.25) is 9.20 Å². The van der Waals surface area contributed by atoms with Crippen molar-refractivity contribution in [3.05, 3.63) is 59.9 Å². The standard InChI is InChI=1S/C18H19N3O2S/c1-3-23-12-13-8-4-5-9-14(13)19-17(22)16-15-10-6-7-11-21(15)18(20-16)24-2/h4-11H,3,12H2,1-2H3,(H,19,22). The molecule has 124 valence electrons. The number of pyridine rings is 1. The summed E-state index contributed by atoms with van der Waals surface area (Å²) in [7, 11) is 0. The van der Waals surface area contributed by atoms with Crippen LogP contribution in [0.5, 0.6) is 0 Å². The summed E-state index contributed by atoms with van der Waals surface area (Å²) in [5.74, 6) is -0.219. The van der Waals surface area contributed by atoms with E-state index in [4.69, 9.17) is 4.74 Å². The van der Waals surface area contributed by atoms with Gasteiger partial charge in [-0.05, 0) is 31.4 Å². The maximum absolute atomic E-state index is 12.7. The second kappa shape index (κ2) is 7.51. The second-order valence-electron chi connectivity index (χ2n) is 5.15. The third-order valence-electron chi connectivity index (χ3n) is 3.64. The fourth-order valence-electron chi connectivity index (χ4n) is 2.48. The minimum atomic E-state index is -0.219. The van der Waals surface area contributed by atoms with Crippen LogP contribution in [-0.4, -0.2) is 28.2 Å². The molecule has 0 aliphatic carbocycles. The minimum Gasteiger partial charge on any atom is -0.377 e. The Hall–Kier alpha value is -2.31. The van der Waals surface area contributed by atoms with Gasteiger partial charge in [0.25, 0.3) is 5.91 Å². The lowest BCUT2D eigenvalue weighted by atomic mass is 10.2. The number of thioether (sulfide) groups is 1. The zero-order chi connectivity index (χ0) is 16.9. The maximum atomic E-state index is 12.7. The Bertz CT molecular complexity index is 860. The summed E-state index contributed by atoms with van der Waals surface area (Å²) in [4.78, 5) is 17.2. The predicted molar refractivity (Wildman–Crippen MR) is 96.7 cm³/mol. The fraction of sp³-hybridized carbons (Fsp3) is 0.222. The molecule has 1 amide bonds. The summed E-state index contributed by atoms with van der Waals surface area (Å²) in [5.41, 5.74) is 2.91. The number of hydrogen-bond acceptors (Lipinski definition) is 4. The van der Waals surface area contributed by atoms with E-state index in [-0.39, 0.29) is 5.91 Å². The number of nitrogens with zero attached hydrogens (tertiary/aromatic N) is 2. The largest absolute Gasteiger partial charge is 0.377 e. The molecule has 1 aromatic carbocycles. The molecule has 0 atom stereocenters. The molecule has 0 saturated heterocycles. The summed E-state index contributed by atoms with van der Waals surface area (Å²) in [5, 5.41) is 3.75. The summed E-state index contributed by atoms with van der Waals surface area (Å²) < 4.78 is 7.39. The highest BCUT2D eigenvalue weighted by Crippen LogP contribution is 2.22. The number of ether oxygens (including phenoxy) is 1. The lowest BCUT2D eigenvalue weighted by Gasteiger charge is -2.10. The van der Waals surface area contributed by atoms with Crippen molar-refractivity contribution < 1.29 is 9.53 Å². The molecule has 0 aliphatic rings. The van der Waals surface area contributed by atoms with Gasteiger partial charge in [-0.25, -0.2) is 4.98 Å². The molecule has 0 spiro atoms. The van der Waals surface area contributed by atoms with Crippen molar-refractivity contribution in [1.29, 1.82) is 0 Å². The van der Waals surface area contributed by atoms with E-state index in [0.29, 0.717) is 18.9 Å². The monoisotopic (exact) mass is 341 g/mol. The molecule has 0 radical (unpaired) electrons. The van der Waals surface area contributed by atoms with Crippen molar-refractivity contribution in [2.45, 2.75) is 18.7 Å². The Morgan fingerprint density at radius 3 is 2.83 bits per heavy atom. The molecule has 24 heavy (non-hydrogen) atoms. The first-order valence-corrected chi connectivity index (χ1v) is 8.95. The maximum Gasteiger partial charge on any atom is 0.276 e. The van der Waals surface area contributed by atoms with Gasteiger partial charge in [0.2, 0.25) is 0 Å². The van der Waals surface area contributed by atoms with Crippen LogP contribution in [0.1, 0.15) is 23.0 Å². The van der Waals surface area contributed by atoms with Gasteiger partial charge in [0, 0.05) is 24.1 Å². The summed E-state index contributed by atoms with van der Waals surface area (Å²) in [6, 6.07) is 13.4. The van der Waals surface area contributed by atoms with Gasteiger partial charge in [-0.2, -0.15) is 0 Å². The number of carbonyl (C=O) groups is 1. The molecule has 6 heteroatoms. The molecule has 0 bridgehead atoms. The molecule has 0 fully saturated rings. The first kappa shape index (κ1) is 16.5. The number of para-hydroxylation sites is 1. The average molecular weight is 341 g/mol. The van der Waals surface area contributed by atoms with Crippen molar-refractivity contribution in [1.82, 2.24) is 9.38 Å². The number of benzene rings is 1. The Morgan fingerprint density at radius 2 is 2.04 bits per heavy atom. The van der Waals surface area contributed by atoms with Gasteiger partial charge in [0.1, 0.15) is 0 Å². The predicted octanol–water partition coefficient (Wildman–Crippen LogP) is 3.85. The van der Waals surface area contributed by atoms with Crippen molar-refractivity contribution in [2.24, 2.45) is 0 Å². The van der Waals surface area contributed by atoms with E-state index >= 15 is 0 Å². The van der Waals surface area contributed by atoms with Crippen LogP contribution in [0.15, 0.2) is 53.8 Å². The molecular formula is C18H19N3O2S. The number of nitrogens with one attached hydrogen (secondary N) is 1. The normalized spacial score (nSPS) is 10.9. The van der Waals surface area contributed by atoms with Crippen LogP contribution in [0.4, 0.5) is 5.69 Å². The van der Waals surface area contributed by atoms with E-state index in [0.717, 1.165) is 21.9 Å². The van der Waals surface area contributed by atoms with Crippen molar-refractivity contribution in [3.8, 4) is 0 Å². The Kier molecular flexibility index (Phi) is 5.17. The third kappa shape index (κ3) is 3.29. The van der Waals surface area contributed by atoms with Crippen LogP contribution in [0.3, 0.4) is 0 Å². The Balaban J connectivity index is 1.91. The Labute approximate surface area is 145 Å². The molecule has 0 unspecified atom stereocenters. The van der Waals surface area contributed by atoms with Gasteiger partial charge < -0.3 is 10.1 Å². The topological polar surface area (TPSA) is 55.6 Å². The SMILES string of the molecule is CCOCc1ccccc1NC(=O)c1nc(SC)n2ccccc12. The van der Waals surface area contributed by atoms with Crippen LogP contribution >= 0.6 is 11.8 Å². The highest BCUT2D eigenvalue weighted by Gasteiger charge is 2.17. The first-order chi connectivity index (χ1) is 11.7. The van der Waals surface area contributed by atoms with E-state index in [9.17, 15) is 4.79 Å². The van der Waals surface area contributed by atoms with E-state index in [2.05, 4.69) is 10.3 Å². The van der Waals surface area contributed by atoms with E-state index in [1.807, 2.05) is 66.2 Å². The highest BCUT2D eigenvalue weighted by molar-refractivity contribution is 7.98. The van der Waals surface area contributed by atoms with E-state index in [1.165, 1.54) is 11.8 Å². The number of carbonyl (C=O) groups excluding carboxylic acids is 1. The van der Waals surface area contributed by atoms with Crippen molar-refractivity contribution in [3.63, 3.8) is 0 Å². The smallest absolute Gasteiger partial charge is 0.276 e. The highest BCUT2D eigenvalue weighted by atomic mass is 32.2. The van der Waals surface area contributed by atoms with Crippen LogP contribution in [0.2, 0.25) is 0 Å². The number of rotatable bonds is 6. The van der Waals surface area contributed by atoms with Gasteiger partial charge in [0.15, 0.2) is 10.9 Å². The molecule has 1 N–H and O–H groups in total. The molecule has 0 aliphatic heterocycles. The number of anilines is 1. The van der Waals surface area contributed by atoms with Gasteiger partial charge in [0.05, 0.1) is 12.1 Å². The van der Waals surface area contributed by atoms with Gasteiger partial charge >= 0.3 is 0 Å². The molecule has 0 saturated carbocycles. The first-order valence-electron chi connectivity index (χ1n) is 7.72. The number of fused-ring (bicyclic) bond motifs is 1.